The topological polar surface area (TPSA) is 12.0 Å². The van der Waals surface area contributed by atoms with Crippen LogP contribution in [0.3, 0.4) is 0 Å². The van der Waals surface area contributed by atoms with Crippen molar-refractivity contribution in [2.24, 2.45) is 5.92 Å². The van der Waals surface area contributed by atoms with Crippen molar-refractivity contribution in [2.75, 3.05) is 5.32 Å². The van der Waals surface area contributed by atoms with Gasteiger partial charge >= 0.3 is 6.18 Å². The van der Waals surface area contributed by atoms with Gasteiger partial charge in [0.05, 0.1) is 4.87 Å². The number of aryl methyl sites for hydroxylation is 2. The molecule has 1 nitrogen and oxygen atoms in total. The number of rotatable bonds is 7. The molecule has 1 N–H and O–H groups in total. The molecule has 0 radical (unpaired) electrons. The molecule has 3 rings (SSSR count). The fraction of sp³-hybridized carbons (Fsp3) is 0.360. The summed E-state index contributed by atoms with van der Waals surface area (Å²) in [5.74, 6) is 0.143. The van der Waals surface area contributed by atoms with Gasteiger partial charge in [-0.1, -0.05) is 54.1 Å². The summed E-state index contributed by atoms with van der Waals surface area (Å²) in [6, 6.07) is 11.6. The molecule has 6 heteroatoms. The molecule has 0 spiro atoms. The lowest BCUT2D eigenvalue weighted by Gasteiger charge is -2.15. The molecule has 3 unspecified atom stereocenters. The number of allylic oxidation sites excluding steroid dienone is 2. The third-order valence-electron chi connectivity index (χ3n) is 5.78. The van der Waals surface area contributed by atoms with E-state index in [0.29, 0.717) is 21.8 Å². The molecule has 2 aromatic rings. The van der Waals surface area contributed by atoms with E-state index in [9.17, 15) is 13.2 Å². The maximum absolute atomic E-state index is 12.6. The van der Waals surface area contributed by atoms with Crippen LogP contribution in [0.1, 0.15) is 47.9 Å². The minimum Gasteiger partial charge on any atom is -0.359 e. The van der Waals surface area contributed by atoms with Gasteiger partial charge in [0.25, 0.3) is 0 Å². The van der Waals surface area contributed by atoms with Gasteiger partial charge in [0, 0.05) is 34.7 Å². The minimum atomic E-state index is -4.24. The molecule has 0 aliphatic heterocycles. The van der Waals surface area contributed by atoms with E-state index in [4.69, 9.17) is 23.2 Å². The van der Waals surface area contributed by atoms with Gasteiger partial charge in [0.1, 0.15) is 0 Å². The van der Waals surface area contributed by atoms with E-state index in [1.54, 1.807) is 18.2 Å². The molecule has 2 aromatic carbocycles. The molecule has 166 valence electrons. The quantitative estimate of drug-likeness (QED) is 0.401. The Bertz CT molecular complexity index is 1000. The van der Waals surface area contributed by atoms with Crippen molar-refractivity contribution in [1.82, 2.24) is 0 Å². The number of anilines is 1. The van der Waals surface area contributed by atoms with Gasteiger partial charge < -0.3 is 5.32 Å². The molecular formula is C25H26Cl2F3N. The Morgan fingerprint density at radius 2 is 1.71 bits per heavy atom. The highest BCUT2D eigenvalue weighted by atomic mass is 35.5. The molecule has 31 heavy (non-hydrogen) atoms. The Morgan fingerprint density at radius 3 is 2.29 bits per heavy atom. The summed E-state index contributed by atoms with van der Waals surface area (Å²) in [5, 5.41) is 3.65. The number of benzene rings is 2. The molecule has 0 amide bonds. The number of halogens is 5. The van der Waals surface area contributed by atoms with Crippen LogP contribution in [0.25, 0.3) is 5.57 Å². The summed E-state index contributed by atoms with van der Waals surface area (Å²) >= 11 is 13.0. The standard InChI is InChI=1S/C25H26Cl2F3N/c1-14-10-15(2)12-18(11-14)23-22(24(23,5)27)17(4)31-19-6-7-21(26)20(13-19)16(3)8-9-25(28,29)30/h6-7,10-13,22-23,31H,3-4,8-9H2,1-2,5H3. The van der Waals surface area contributed by atoms with Crippen molar-refractivity contribution >= 4 is 34.5 Å². The monoisotopic (exact) mass is 467 g/mol. The summed E-state index contributed by atoms with van der Waals surface area (Å²) in [5.41, 5.74) is 5.85. The lowest BCUT2D eigenvalue weighted by atomic mass is 10.0. The van der Waals surface area contributed by atoms with Crippen molar-refractivity contribution in [3.8, 4) is 0 Å². The second kappa shape index (κ2) is 8.55. The summed E-state index contributed by atoms with van der Waals surface area (Å²) in [6.07, 6.45) is -5.37. The summed E-state index contributed by atoms with van der Waals surface area (Å²) in [6.45, 7) is 14.1. The Hall–Kier alpha value is -1.91. The summed E-state index contributed by atoms with van der Waals surface area (Å²) in [7, 11) is 0. The third-order valence-corrected chi connectivity index (χ3v) is 6.58. The fourth-order valence-electron chi connectivity index (χ4n) is 4.30. The van der Waals surface area contributed by atoms with E-state index in [-0.39, 0.29) is 18.3 Å². The average molecular weight is 468 g/mol. The second-order valence-corrected chi connectivity index (χ2v) is 9.81. The van der Waals surface area contributed by atoms with Crippen LogP contribution >= 0.6 is 23.2 Å². The number of hydrogen-bond acceptors (Lipinski definition) is 1. The molecule has 0 bridgehead atoms. The lowest BCUT2D eigenvalue weighted by molar-refractivity contribution is -0.133. The fourth-order valence-corrected chi connectivity index (χ4v) is 4.99. The van der Waals surface area contributed by atoms with Crippen molar-refractivity contribution in [1.29, 1.82) is 0 Å². The molecule has 1 fully saturated rings. The Balaban J connectivity index is 1.75. The second-order valence-electron chi connectivity index (χ2n) is 8.59. The predicted octanol–water partition coefficient (Wildman–Crippen LogP) is 8.65. The molecule has 1 aliphatic rings. The van der Waals surface area contributed by atoms with E-state index < -0.39 is 17.5 Å². The SMILES string of the molecule is C=C(CCC(F)(F)F)c1cc(NC(=C)C2C(c3cc(C)cc(C)c3)C2(C)Cl)ccc1Cl. The number of nitrogens with one attached hydrogen (secondary N) is 1. The molecule has 0 heterocycles. The molecule has 0 aromatic heterocycles. The van der Waals surface area contributed by atoms with Crippen LogP contribution in [0.15, 0.2) is 55.3 Å². The van der Waals surface area contributed by atoms with Gasteiger partial charge in [-0.3, -0.25) is 0 Å². The van der Waals surface area contributed by atoms with Crippen LogP contribution in [0.4, 0.5) is 18.9 Å². The van der Waals surface area contributed by atoms with Crippen molar-refractivity contribution in [3.05, 3.63) is 82.5 Å². The Labute approximate surface area is 192 Å². The highest BCUT2D eigenvalue weighted by Gasteiger charge is 2.62. The number of alkyl halides is 4. The summed E-state index contributed by atoms with van der Waals surface area (Å²) < 4.78 is 37.7. The molecule has 3 atom stereocenters. The molecule has 0 saturated heterocycles. The Morgan fingerprint density at radius 1 is 1.10 bits per heavy atom. The van der Waals surface area contributed by atoms with Crippen LogP contribution in [0, 0.1) is 19.8 Å². The van der Waals surface area contributed by atoms with E-state index in [2.05, 4.69) is 50.5 Å². The molecule has 1 saturated carbocycles. The van der Waals surface area contributed by atoms with Gasteiger partial charge in [-0.2, -0.15) is 13.2 Å². The zero-order chi connectivity index (χ0) is 23.1. The van der Waals surface area contributed by atoms with Crippen LogP contribution in [0.2, 0.25) is 5.02 Å². The highest BCUT2D eigenvalue weighted by molar-refractivity contribution is 6.32. The van der Waals surface area contributed by atoms with Gasteiger partial charge in [-0.05, 0) is 62.1 Å². The van der Waals surface area contributed by atoms with Crippen molar-refractivity contribution in [2.45, 2.75) is 50.6 Å². The first kappa shape index (κ1) is 23.7. The van der Waals surface area contributed by atoms with Crippen LogP contribution < -0.4 is 5.32 Å². The Kier molecular flexibility index (Phi) is 6.55. The van der Waals surface area contributed by atoms with Crippen LogP contribution in [-0.4, -0.2) is 11.1 Å². The first-order valence-electron chi connectivity index (χ1n) is 10.1. The highest BCUT2D eigenvalue weighted by Crippen LogP contribution is 2.64. The zero-order valence-electron chi connectivity index (χ0n) is 17.8. The third kappa shape index (κ3) is 5.48. The maximum atomic E-state index is 12.6. The smallest absolute Gasteiger partial charge is 0.359 e. The van der Waals surface area contributed by atoms with Gasteiger partial charge in [-0.15, -0.1) is 11.6 Å². The van der Waals surface area contributed by atoms with Crippen LogP contribution in [-0.2, 0) is 0 Å². The van der Waals surface area contributed by atoms with Gasteiger partial charge in [0.2, 0.25) is 0 Å². The minimum absolute atomic E-state index is 0.0166. The van der Waals surface area contributed by atoms with E-state index >= 15 is 0 Å². The largest absolute Gasteiger partial charge is 0.389 e. The van der Waals surface area contributed by atoms with Gasteiger partial charge in [-0.25, -0.2) is 0 Å². The predicted molar refractivity (Wildman–Crippen MR) is 125 cm³/mol. The van der Waals surface area contributed by atoms with E-state index in [0.717, 1.165) is 5.70 Å². The van der Waals surface area contributed by atoms with E-state index in [1.807, 2.05) is 6.92 Å². The molecular weight excluding hydrogens is 442 g/mol. The first-order chi connectivity index (χ1) is 14.3. The van der Waals surface area contributed by atoms with E-state index in [1.165, 1.54) is 16.7 Å². The normalized spacial score (nSPS) is 22.8. The lowest BCUT2D eigenvalue weighted by Crippen LogP contribution is -2.07. The van der Waals surface area contributed by atoms with Gasteiger partial charge in [0.15, 0.2) is 0 Å². The average Bonchev–Trinajstić information content (AvgIpc) is 3.22. The first-order valence-corrected chi connectivity index (χ1v) is 10.8. The summed E-state index contributed by atoms with van der Waals surface area (Å²) in [4.78, 5) is -0.462. The maximum Gasteiger partial charge on any atom is 0.389 e. The van der Waals surface area contributed by atoms with Crippen molar-refractivity contribution in [3.63, 3.8) is 0 Å². The van der Waals surface area contributed by atoms with Crippen LogP contribution in [0.5, 0.6) is 0 Å². The molecule has 1 aliphatic carbocycles. The van der Waals surface area contributed by atoms with Crippen molar-refractivity contribution < 1.29 is 13.2 Å². The zero-order valence-corrected chi connectivity index (χ0v) is 19.3. The number of hydrogen-bond donors (Lipinski definition) is 1.